The Hall–Kier alpha value is -1.56. The Morgan fingerprint density at radius 2 is 2.14 bits per heavy atom. The van der Waals surface area contributed by atoms with Crippen LogP contribution < -0.4 is 5.73 Å². The molecule has 0 spiro atoms. The molecule has 0 radical (unpaired) electrons. The molecule has 3 atom stereocenters. The molecule has 1 aromatic carbocycles. The van der Waals surface area contributed by atoms with E-state index in [1.54, 1.807) is 6.07 Å². The van der Waals surface area contributed by atoms with Gasteiger partial charge in [0.25, 0.3) is 0 Å². The van der Waals surface area contributed by atoms with Crippen LogP contribution in [-0.4, -0.2) is 29.9 Å². The van der Waals surface area contributed by atoms with Crippen molar-refractivity contribution in [1.29, 1.82) is 0 Å². The predicted octanol–water partition coefficient (Wildman–Crippen LogP) is 2.76. The third-order valence-corrected chi connectivity index (χ3v) is 4.68. The zero-order valence-corrected chi connectivity index (χ0v) is 12.1. The fraction of sp³-hybridized carbons (Fsp3) is 0.562. The summed E-state index contributed by atoms with van der Waals surface area (Å²) in [6, 6.07) is 5.42. The minimum atomic E-state index is -4.34. The summed E-state index contributed by atoms with van der Waals surface area (Å²) in [7, 11) is 0. The maximum Gasteiger partial charge on any atom is 0.416 e. The van der Waals surface area contributed by atoms with Gasteiger partial charge in [0.05, 0.1) is 5.56 Å². The normalized spacial score (nSPS) is 28.0. The van der Waals surface area contributed by atoms with E-state index in [1.165, 1.54) is 12.1 Å². The quantitative estimate of drug-likeness (QED) is 0.933. The van der Waals surface area contributed by atoms with Crippen LogP contribution in [0.25, 0.3) is 0 Å². The maximum atomic E-state index is 12.8. The van der Waals surface area contributed by atoms with E-state index in [0.717, 1.165) is 18.9 Å². The zero-order chi connectivity index (χ0) is 15.9. The number of rotatable bonds is 3. The molecule has 3 rings (SSSR count). The predicted molar refractivity (Wildman–Crippen MR) is 76.1 cm³/mol. The molecule has 1 aliphatic carbocycles. The lowest BCUT2D eigenvalue weighted by atomic mass is 10.0. The number of carbonyl (C=O) groups excluding carboxylic acids is 1. The Labute approximate surface area is 127 Å². The van der Waals surface area contributed by atoms with Gasteiger partial charge in [-0.25, -0.2) is 0 Å². The Balaban J connectivity index is 1.71. The van der Waals surface area contributed by atoms with Gasteiger partial charge in [0.2, 0.25) is 5.91 Å². The van der Waals surface area contributed by atoms with Crippen LogP contribution in [-0.2, 0) is 11.0 Å². The van der Waals surface area contributed by atoms with E-state index in [9.17, 15) is 18.0 Å². The van der Waals surface area contributed by atoms with Crippen LogP contribution in [0, 0.1) is 5.92 Å². The van der Waals surface area contributed by atoms with Crippen molar-refractivity contribution >= 4 is 5.91 Å². The van der Waals surface area contributed by atoms with E-state index in [0.29, 0.717) is 25.1 Å². The number of halogens is 3. The molecule has 1 aromatic rings. The van der Waals surface area contributed by atoms with Crippen LogP contribution >= 0.6 is 0 Å². The Kier molecular flexibility index (Phi) is 3.89. The summed E-state index contributed by atoms with van der Waals surface area (Å²) < 4.78 is 38.3. The molecular formula is C16H19F3N2O. The summed E-state index contributed by atoms with van der Waals surface area (Å²) >= 11 is 0. The number of alkyl halides is 3. The topological polar surface area (TPSA) is 46.3 Å². The van der Waals surface area contributed by atoms with Crippen LogP contribution in [0.15, 0.2) is 24.3 Å². The van der Waals surface area contributed by atoms with Gasteiger partial charge in [0, 0.05) is 25.0 Å². The van der Waals surface area contributed by atoms with Crippen molar-refractivity contribution in [2.24, 2.45) is 11.7 Å². The van der Waals surface area contributed by atoms with Gasteiger partial charge in [-0.05, 0) is 36.8 Å². The third kappa shape index (κ3) is 2.84. The lowest BCUT2D eigenvalue weighted by Gasteiger charge is -2.23. The monoisotopic (exact) mass is 312 g/mol. The molecule has 1 heterocycles. The summed E-state index contributed by atoms with van der Waals surface area (Å²) in [4.78, 5) is 14.3. The zero-order valence-electron chi connectivity index (χ0n) is 12.1. The van der Waals surface area contributed by atoms with Crippen LogP contribution in [0.3, 0.4) is 0 Å². The van der Waals surface area contributed by atoms with Crippen molar-refractivity contribution in [3.63, 3.8) is 0 Å². The highest BCUT2D eigenvalue weighted by molar-refractivity contribution is 5.83. The molecule has 0 unspecified atom stereocenters. The van der Waals surface area contributed by atoms with E-state index < -0.39 is 11.7 Å². The summed E-state index contributed by atoms with van der Waals surface area (Å²) in [6.45, 7) is 1.17. The van der Waals surface area contributed by atoms with Crippen molar-refractivity contribution in [2.45, 2.75) is 37.4 Å². The highest BCUT2D eigenvalue weighted by atomic mass is 19.4. The van der Waals surface area contributed by atoms with Crippen molar-refractivity contribution < 1.29 is 18.0 Å². The molecule has 1 saturated carbocycles. The Bertz CT molecular complexity index is 573. The largest absolute Gasteiger partial charge is 0.416 e. The minimum absolute atomic E-state index is 0.0513. The maximum absolute atomic E-state index is 12.8. The summed E-state index contributed by atoms with van der Waals surface area (Å²) in [5.41, 5.74) is 5.64. The minimum Gasteiger partial charge on any atom is -0.338 e. The number of hydrogen-bond acceptors (Lipinski definition) is 2. The van der Waals surface area contributed by atoms with Gasteiger partial charge in [-0.2, -0.15) is 13.2 Å². The molecule has 2 aliphatic rings. The molecule has 2 N–H and O–H groups in total. The van der Waals surface area contributed by atoms with Crippen molar-refractivity contribution in [3.05, 3.63) is 35.4 Å². The van der Waals surface area contributed by atoms with Gasteiger partial charge in [-0.3, -0.25) is 4.79 Å². The molecule has 1 aliphatic heterocycles. The van der Waals surface area contributed by atoms with Gasteiger partial charge in [0.15, 0.2) is 0 Å². The molecular weight excluding hydrogens is 293 g/mol. The molecule has 0 aromatic heterocycles. The molecule has 0 bridgehead atoms. The molecule has 6 heteroatoms. The Morgan fingerprint density at radius 1 is 1.36 bits per heavy atom. The average Bonchev–Trinajstić information content (AvgIpc) is 3.15. The second-order valence-electron chi connectivity index (χ2n) is 6.14. The lowest BCUT2D eigenvalue weighted by molar-refractivity contribution is -0.137. The smallest absolute Gasteiger partial charge is 0.338 e. The first-order valence-electron chi connectivity index (χ1n) is 7.59. The number of hydrogen-bond donors (Lipinski definition) is 1. The van der Waals surface area contributed by atoms with Crippen molar-refractivity contribution in [2.75, 3.05) is 13.1 Å². The van der Waals surface area contributed by atoms with E-state index in [4.69, 9.17) is 5.73 Å². The fourth-order valence-electron chi connectivity index (χ4n) is 3.37. The summed E-state index contributed by atoms with van der Waals surface area (Å²) in [5.74, 6) is -0.222. The van der Waals surface area contributed by atoms with Crippen LogP contribution in [0.4, 0.5) is 13.2 Å². The second kappa shape index (κ2) is 5.57. The Morgan fingerprint density at radius 3 is 2.82 bits per heavy atom. The lowest BCUT2D eigenvalue weighted by Crippen LogP contribution is -2.40. The van der Waals surface area contributed by atoms with E-state index in [2.05, 4.69) is 0 Å². The number of amides is 1. The molecule has 1 amide bonds. The summed E-state index contributed by atoms with van der Waals surface area (Å²) in [5, 5.41) is 0. The number of nitrogens with zero attached hydrogens (tertiary/aromatic N) is 1. The number of likely N-dealkylation sites (tertiary alicyclic amines) is 1. The van der Waals surface area contributed by atoms with E-state index in [1.807, 2.05) is 4.90 Å². The third-order valence-electron chi connectivity index (χ3n) is 4.68. The first-order valence-corrected chi connectivity index (χ1v) is 7.59. The first-order chi connectivity index (χ1) is 10.4. The van der Waals surface area contributed by atoms with E-state index in [-0.39, 0.29) is 23.8 Å². The van der Waals surface area contributed by atoms with Crippen LogP contribution in [0.2, 0.25) is 0 Å². The standard InChI is InChI=1S/C16H19F3N2O/c17-16(18,19)11-4-1-3-10(7-11)13-8-14(13)15(22)21-6-2-5-12(21)9-20/h1,3-4,7,12-14H,2,5-6,8-9,20H2/t12-,13+,14-/m0/s1. The number of carbonyl (C=O) groups is 1. The van der Waals surface area contributed by atoms with Gasteiger partial charge < -0.3 is 10.6 Å². The van der Waals surface area contributed by atoms with Crippen molar-refractivity contribution in [3.8, 4) is 0 Å². The fourth-order valence-corrected chi connectivity index (χ4v) is 3.37. The summed E-state index contributed by atoms with van der Waals surface area (Å²) in [6.07, 6.45) is -1.84. The average molecular weight is 312 g/mol. The SMILES string of the molecule is NC[C@@H]1CCCN1C(=O)[C@H]1C[C@@H]1c1cccc(C(F)(F)F)c1. The highest BCUT2D eigenvalue weighted by Gasteiger charge is 2.47. The highest BCUT2D eigenvalue weighted by Crippen LogP contribution is 2.49. The molecule has 22 heavy (non-hydrogen) atoms. The van der Waals surface area contributed by atoms with Gasteiger partial charge in [-0.15, -0.1) is 0 Å². The van der Waals surface area contributed by atoms with Crippen molar-refractivity contribution in [1.82, 2.24) is 4.90 Å². The molecule has 120 valence electrons. The van der Waals surface area contributed by atoms with Crippen LogP contribution in [0.5, 0.6) is 0 Å². The number of nitrogens with two attached hydrogens (primary N) is 1. The van der Waals surface area contributed by atoms with Gasteiger partial charge in [-0.1, -0.05) is 18.2 Å². The molecule has 2 fully saturated rings. The van der Waals surface area contributed by atoms with Crippen LogP contribution in [0.1, 0.15) is 36.3 Å². The van der Waals surface area contributed by atoms with E-state index >= 15 is 0 Å². The number of benzene rings is 1. The molecule has 1 saturated heterocycles. The second-order valence-corrected chi connectivity index (χ2v) is 6.14. The first kappa shape index (κ1) is 15.3. The van der Waals surface area contributed by atoms with Gasteiger partial charge in [0.1, 0.15) is 0 Å². The van der Waals surface area contributed by atoms with Gasteiger partial charge >= 0.3 is 6.18 Å². The molecule has 3 nitrogen and oxygen atoms in total.